The number of carbonyl (C=O) groups is 1. The highest BCUT2D eigenvalue weighted by atomic mass is 16.1. The average molecular weight is 152 g/mol. The normalized spacial score (nSPS) is 30.4. The molecule has 0 N–H and O–H groups in total. The molecule has 1 heteroatoms. The van der Waals surface area contributed by atoms with Gasteiger partial charge in [0.15, 0.2) is 0 Å². The number of hydrogen-bond acceptors (Lipinski definition) is 1. The first-order valence-corrected chi connectivity index (χ1v) is 4.45. The van der Waals surface area contributed by atoms with Crippen molar-refractivity contribution in [3.05, 3.63) is 12.2 Å². The molecule has 1 rings (SSSR count). The van der Waals surface area contributed by atoms with Gasteiger partial charge < -0.3 is 0 Å². The number of hydrogen-bond donors (Lipinski definition) is 0. The van der Waals surface area contributed by atoms with Gasteiger partial charge in [-0.2, -0.15) is 0 Å². The van der Waals surface area contributed by atoms with E-state index < -0.39 is 0 Å². The lowest BCUT2D eigenvalue weighted by Gasteiger charge is -2.22. The summed E-state index contributed by atoms with van der Waals surface area (Å²) >= 11 is 0. The number of carbonyl (C=O) groups excluding carboxylic acids is 1. The highest BCUT2D eigenvalue weighted by molar-refractivity contribution is 5.82. The average Bonchev–Trinajstić information content (AvgIpc) is 2.04. The van der Waals surface area contributed by atoms with Crippen LogP contribution < -0.4 is 0 Å². The summed E-state index contributed by atoms with van der Waals surface area (Å²) in [6, 6.07) is 0. The molecule has 0 aromatic carbocycles. The maximum absolute atomic E-state index is 11.3. The summed E-state index contributed by atoms with van der Waals surface area (Å²) in [7, 11) is 0. The molecule has 2 unspecified atom stereocenters. The molecule has 1 aliphatic carbocycles. The molecule has 2 atom stereocenters. The second-order valence-electron chi connectivity index (χ2n) is 3.33. The van der Waals surface area contributed by atoms with E-state index in [1.807, 2.05) is 6.92 Å². The van der Waals surface area contributed by atoms with Gasteiger partial charge in [0.05, 0.1) is 0 Å². The summed E-state index contributed by atoms with van der Waals surface area (Å²) in [5.74, 6) is 1.18. The number of allylic oxidation sites excluding steroid dienone is 2. The van der Waals surface area contributed by atoms with E-state index in [9.17, 15) is 4.79 Å². The maximum atomic E-state index is 11.3. The van der Waals surface area contributed by atoms with E-state index in [1.165, 1.54) is 6.42 Å². The molecule has 0 saturated carbocycles. The van der Waals surface area contributed by atoms with Gasteiger partial charge in [-0.3, -0.25) is 4.79 Å². The Morgan fingerprint density at radius 3 is 2.91 bits per heavy atom. The molecule has 0 spiro atoms. The molecule has 62 valence electrons. The van der Waals surface area contributed by atoms with Crippen LogP contribution in [0.25, 0.3) is 0 Å². The lowest BCUT2D eigenvalue weighted by Crippen LogP contribution is -2.21. The molecule has 0 amide bonds. The molecule has 0 heterocycles. The standard InChI is InChI=1S/C10H16O/c1-3-10(11)9-7-5-4-6-8(9)2/h5,7-9H,3-4,6H2,1-2H3. The fourth-order valence-electron chi connectivity index (χ4n) is 1.63. The van der Waals surface area contributed by atoms with Crippen LogP contribution in [0.2, 0.25) is 0 Å². The van der Waals surface area contributed by atoms with E-state index in [0.29, 0.717) is 18.1 Å². The smallest absolute Gasteiger partial charge is 0.139 e. The van der Waals surface area contributed by atoms with Crippen molar-refractivity contribution in [1.29, 1.82) is 0 Å². The number of ketones is 1. The van der Waals surface area contributed by atoms with Crippen molar-refractivity contribution in [2.24, 2.45) is 11.8 Å². The fraction of sp³-hybridized carbons (Fsp3) is 0.700. The topological polar surface area (TPSA) is 17.1 Å². The Bertz CT molecular complexity index is 170. The molecule has 0 aromatic rings. The highest BCUT2D eigenvalue weighted by Crippen LogP contribution is 2.25. The third kappa shape index (κ3) is 1.92. The molecule has 0 saturated heterocycles. The Labute approximate surface area is 68.5 Å². The van der Waals surface area contributed by atoms with Crippen LogP contribution in [0, 0.1) is 11.8 Å². The van der Waals surface area contributed by atoms with Crippen LogP contribution in [0.5, 0.6) is 0 Å². The van der Waals surface area contributed by atoms with Gasteiger partial charge >= 0.3 is 0 Å². The van der Waals surface area contributed by atoms with E-state index in [1.54, 1.807) is 0 Å². The van der Waals surface area contributed by atoms with Crippen LogP contribution in [0.1, 0.15) is 33.1 Å². The first kappa shape index (κ1) is 8.51. The van der Waals surface area contributed by atoms with Crippen LogP contribution in [0.15, 0.2) is 12.2 Å². The maximum Gasteiger partial charge on any atom is 0.139 e. The van der Waals surface area contributed by atoms with Crippen LogP contribution in [-0.2, 0) is 4.79 Å². The summed E-state index contributed by atoms with van der Waals surface area (Å²) in [6.07, 6.45) is 7.22. The predicted molar refractivity (Wildman–Crippen MR) is 46.3 cm³/mol. The predicted octanol–water partition coefficient (Wildman–Crippen LogP) is 2.57. The van der Waals surface area contributed by atoms with Crippen molar-refractivity contribution in [2.45, 2.75) is 33.1 Å². The van der Waals surface area contributed by atoms with Crippen molar-refractivity contribution < 1.29 is 4.79 Å². The monoisotopic (exact) mass is 152 g/mol. The van der Waals surface area contributed by atoms with Gasteiger partial charge in [0, 0.05) is 12.3 Å². The molecule has 0 aromatic heterocycles. The zero-order valence-electron chi connectivity index (χ0n) is 7.34. The highest BCUT2D eigenvalue weighted by Gasteiger charge is 2.22. The quantitative estimate of drug-likeness (QED) is 0.556. The minimum atomic E-state index is 0.216. The lowest BCUT2D eigenvalue weighted by atomic mass is 9.82. The Kier molecular flexibility index (Phi) is 2.86. The van der Waals surface area contributed by atoms with Crippen molar-refractivity contribution in [3.8, 4) is 0 Å². The van der Waals surface area contributed by atoms with Crippen LogP contribution in [0.4, 0.5) is 0 Å². The van der Waals surface area contributed by atoms with Gasteiger partial charge in [-0.25, -0.2) is 0 Å². The largest absolute Gasteiger partial charge is 0.299 e. The molecule has 0 aliphatic heterocycles. The third-order valence-electron chi connectivity index (χ3n) is 2.47. The van der Waals surface area contributed by atoms with Crippen molar-refractivity contribution in [1.82, 2.24) is 0 Å². The molecule has 0 radical (unpaired) electrons. The van der Waals surface area contributed by atoms with Crippen LogP contribution in [0.3, 0.4) is 0 Å². The molecular formula is C10H16O. The molecule has 0 fully saturated rings. The van der Waals surface area contributed by atoms with Gasteiger partial charge in [0.2, 0.25) is 0 Å². The first-order chi connectivity index (χ1) is 5.25. The summed E-state index contributed by atoms with van der Waals surface area (Å²) in [4.78, 5) is 11.3. The number of rotatable bonds is 2. The summed E-state index contributed by atoms with van der Waals surface area (Å²) in [5.41, 5.74) is 0. The minimum absolute atomic E-state index is 0.216. The van der Waals surface area contributed by atoms with Crippen molar-refractivity contribution >= 4 is 5.78 Å². The molecule has 1 nitrogen and oxygen atoms in total. The summed E-state index contributed by atoms with van der Waals surface area (Å²) < 4.78 is 0. The first-order valence-electron chi connectivity index (χ1n) is 4.45. The second kappa shape index (κ2) is 3.70. The summed E-state index contributed by atoms with van der Waals surface area (Å²) in [5, 5.41) is 0. The molecule has 11 heavy (non-hydrogen) atoms. The third-order valence-corrected chi connectivity index (χ3v) is 2.47. The van der Waals surface area contributed by atoms with E-state index >= 15 is 0 Å². The van der Waals surface area contributed by atoms with Crippen molar-refractivity contribution in [2.75, 3.05) is 0 Å². The Balaban J connectivity index is 2.61. The second-order valence-corrected chi connectivity index (χ2v) is 3.33. The van der Waals surface area contributed by atoms with E-state index in [2.05, 4.69) is 19.1 Å². The minimum Gasteiger partial charge on any atom is -0.299 e. The van der Waals surface area contributed by atoms with Crippen LogP contribution in [-0.4, -0.2) is 5.78 Å². The molecular weight excluding hydrogens is 136 g/mol. The van der Waals surface area contributed by atoms with Gasteiger partial charge in [-0.15, -0.1) is 0 Å². The van der Waals surface area contributed by atoms with Crippen LogP contribution >= 0.6 is 0 Å². The van der Waals surface area contributed by atoms with E-state index in [0.717, 1.165) is 6.42 Å². The summed E-state index contributed by atoms with van der Waals surface area (Å²) in [6.45, 7) is 4.11. The van der Waals surface area contributed by atoms with Gasteiger partial charge in [-0.05, 0) is 18.8 Å². The van der Waals surface area contributed by atoms with Gasteiger partial charge in [0.1, 0.15) is 5.78 Å². The zero-order chi connectivity index (χ0) is 8.27. The Morgan fingerprint density at radius 2 is 2.36 bits per heavy atom. The fourth-order valence-corrected chi connectivity index (χ4v) is 1.63. The number of Topliss-reactive ketones (excluding diaryl/α,β-unsaturated/α-hetero) is 1. The molecule has 1 aliphatic rings. The van der Waals surface area contributed by atoms with Gasteiger partial charge in [-0.1, -0.05) is 26.0 Å². The Morgan fingerprint density at radius 1 is 1.64 bits per heavy atom. The van der Waals surface area contributed by atoms with E-state index in [4.69, 9.17) is 0 Å². The van der Waals surface area contributed by atoms with Gasteiger partial charge in [0.25, 0.3) is 0 Å². The lowest BCUT2D eigenvalue weighted by molar-refractivity contribution is -0.122. The van der Waals surface area contributed by atoms with Crippen molar-refractivity contribution in [3.63, 3.8) is 0 Å². The molecule has 0 bridgehead atoms. The van der Waals surface area contributed by atoms with E-state index in [-0.39, 0.29) is 5.92 Å². The Hall–Kier alpha value is -0.590. The zero-order valence-corrected chi connectivity index (χ0v) is 7.34. The SMILES string of the molecule is CCC(=O)C1C=CCCC1C.